The third kappa shape index (κ3) is 1.68. The fraction of sp³-hybridized carbons (Fsp3) is 0. The summed E-state index contributed by atoms with van der Waals surface area (Å²) in [6.07, 6.45) is 0. The molecule has 0 bridgehead atoms. The van der Waals surface area contributed by atoms with Gasteiger partial charge in [0.15, 0.2) is 0 Å². The van der Waals surface area contributed by atoms with Crippen molar-refractivity contribution in [3.05, 3.63) is 60.0 Å². The summed E-state index contributed by atoms with van der Waals surface area (Å²) in [5, 5.41) is 3.23. The number of thiophene rings is 1. The molecule has 0 aliphatic rings. The molecular weight excluding hydrogens is 216 g/mol. The largest absolute Gasteiger partial charge is 0.456 e. The predicted octanol–water partition coefficient (Wildman–Crippen LogP) is 4.69. The highest BCUT2D eigenvalue weighted by molar-refractivity contribution is 7.17. The van der Waals surface area contributed by atoms with E-state index in [1.807, 2.05) is 42.5 Å². The van der Waals surface area contributed by atoms with Crippen molar-refractivity contribution >= 4 is 21.4 Å². The minimum Gasteiger partial charge on any atom is -0.456 e. The summed E-state index contributed by atoms with van der Waals surface area (Å²) in [6.45, 7) is 0. The van der Waals surface area contributed by atoms with Gasteiger partial charge in [0.2, 0.25) is 0 Å². The Labute approximate surface area is 97.9 Å². The highest BCUT2D eigenvalue weighted by atomic mass is 32.1. The van der Waals surface area contributed by atoms with E-state index in [1.54, 1.807) is 11.3 Å². The number of benzene rings is 2. The molecule has 1 aromatic heterocycles. The summed E-state index contributed by atoms with van der Waals surface area (Å²) >= 11 is 1.71. The summed E-state index contributed by atoms with van der Waals surface area (Å²) in [5.74, 6) is 1.82. The van der Waals surface area contributed by atoms with Crippen molar-refractivity contribution < 1.29 is 4.74 Å². The molecular formula is C14H10OS. The molecule has 0 saturated carbocycles. The Morgan fingerprint density at radius 2 is 1.56 bits per heavy atom. The molecule has 0 saturated heterocycles. The first-order valence-corrected chi connectivity index (χ1v) is 6.00. The molecule has 1 heterocycles. The monoisotopic (exact) mass is 226 g/mol. The topological polar surface area (TPSA) is 9.23 Å². The highest BCUT2D eigenvalue weighted by Gasteiger charge is 2.04. The fourth-order valence-electron chi connectivity index (χ4n) is 1.65. The van der Waals surface area contributed by atoms with E-state index in [9.17, 15) is 0 Å². The zero-order valence-corrected chi connectivity index (χ0v) is 9.41. The maximum absolute atomic E-state index is 5.84. The second kappa shape index (κ2) is 3.99. The molecule has 78 valence electrons. The van der Waals surface area contributed by atoms with Crippen LogP contribution >= 0.6 is 11.3 Å². The van der Waals surface area contributed by atoms with Gasteiger partial charge in [0.05, 0.1) is 0 Å². The molecule has 2 aromatic carbocycles. The SMILES string of the molecule is c1ccc(Oc2csc3ccccc23)cc1. The van der Waals surface area contributed by atoms with Crippen molar-refractivity contribution in [3.63, 3.8) is 0 Å². The van der Waals surface area contributed by atoms with Crippen LogP contribution < -0.4 is 4.74 Å². The lowest BCUT2D eigenvalue weighted by Gasteiger charge is -2.03. The van der Waals surface area contributed by atoms with Crippen LogP contribution in [0, 0.1) is 0 Å². The van der Waals surface area contributed by atoms with Crippen LogP contribution in [0.15, 0.2) is 60.0 Å². The number of hydrogen-bond donors (Lipinski definition) is 0. The smallest absolute Gasteiger partial charge is 0.145 e. The minimum absolute atomic E-state index is 0.881. The molecule has 0 N–H and O–H groups in total. The second-order valence-electron chi connectivity index (χ2n) is 3.51. The first kappa shape index (κ1) is 9.43. The third-order valence-corrected chi connectivity index (χ3v) is 3.36. The van der Waals surface area contributed by atoms with Gasteiger partial charge in [0, 0.05) is 15.5 Å². The Bertz CT molecular complexity index is 598. The molecule has 2 heteroatoms. The summed E-state index contributed by atoms with van der Waals surface area (Å²) in [6, 6.07) is 18.1. The summed E-state index contributed by atoms with van der Waals surface area (Å²) in [5.41, 5.74) is 0. The van der Waals surface area contributed by atoms with Gasteiger partial charge in [-0.05, 0) is 24.3 Å². The van der Waals surface area contributed by atoms with Gasteiger partial charge in [0.1, 0.15) is 11.5 Å². The number of ether oxygens (including phenoxy) is 1. The Hall–Kier alpha value is -1.80. The Morgan fingerprint density at radius 3 is 2.44 bits per heavy atom. The summed E-state index contributed by atoms with van der Waals surface area (Å²) in [4.78, 5) is 0. The van der Waals surface area contributed by atoms with Gasteiger partial charge >= 0.3 is 0 Å². The molecule has 0 amide bonds. The maximum Gasteiger partial charge on any atom is 0.145 e. The Kier molecular flexibility index (Phi) is 2.35. The van der Waals surface area contributed by atoms with Gasteiger partial charge in [-0.1, -0.05) is 30.3 Å². The van der Waals surface area contributed by atoms with E-state index in [0.29, 0.717) is 0 Å². The Morgan fingerprint density at radius 1 is 0.812 bits per heavy atom. The first-order chi connectivity index (χ1) is 7.93. The van der Waals surface area contributed by atoms with Crippen molar-refractivity contribution in [2.75, 3.05) is 0 Å². The molecule has 3 rings (SSSR count). The quantitative estimate of drug-likeness (QED) is 0.615. The molecule has 0 radical (unpaired) electrons. The van der Waals surface area contributed by atoms with Gasteiger partial charge in [0.25, 0.3) is 0 Å². The first-order valence-electron chi connectivity index (χ1n) is 5.12. The lowest BCUT2D eigenvalue weighted by molar-refractivity contribution is 0.490. The van der Waals surface area contributed by atoms with Crippen LogP contribution in [-0.2, 0) is 0 Å². The molecule has 16 heavy (non-hydrogen) atoms. The van der Waals surface area contributed by atoms with Crippen LogP contribution in [0.1, 0.15) is 0 Å². The van der Waals surface area contributed by atoms with E-state index < -0.39 is 0 Å². The van der Waals surface area contributed by atoms with Crippen LogP contribution in [-0.4, -0.2) is 0 Å². The molecule has 0 unspecified atom stereocenters. The van der Waals surface area contributed by atoms with Crippen LogP contribution in [0.4, 0.5) is 0 Å². The summed E-state index contributed by atoms with van der Waals surface area (Å²) in [7, 11) is 0. The van der Waals surface area contributed by atoms with Crippen LogP contribution in [0.5, 0.6) is 11.5 Å². The second-order valence-corrected chi connectivity index (χ2v) is 4.42. The standard InChI is InChI=1S/C14H10OS/c1-2-6-11(7-3-1)15-13-10-16-14-9-5-4-8-12(13)14/h1-10H. The van der Waals surface area contributed by atoms with E-state index in [2.05, 4.69) is 17.5 Å². The molecule has 0 fully saturated rings. The van der Waals surface area contributed by atoms with E-state index in [1.165, 1.54) is 10.1 Å². The number of hydrogen-bond acceptors (Lipinski definition) is 2. The molecule has 0 spiro atoms. The van der Waals surface area contributed by atoms with Crippen molar-refractivity contribution in [2.24, 2.45) is 0 Å². The molecule has 0 aliphatic carbocycles. The van der Waals surface area contributed by atoms with Gasteiger partial charge in [-0.15, -0.1) is 11.3 Å². The zero-order valence-electron chi connectivity index (χ0n) is 8.59. The average molecular weight is 226 g/mol. The van der Waals surface area contributed by atoms with Gasteiger partial charge < -0.3 is 4.74 Å². The van der Waals surface area contributed by atoms with E-state index >= 15 is 0 Å². The number of para-hydroxylation sites is 1. The number of fused-ring (bicyclic) bond motifs is 1. The molecule has 0 aliphatic heterocycles. The number of rotatable bonds is 2. The van der Waals surface area contributed by atoms with Gasteiger partial charge in [-0.2, -0.15) is 0 Å². The van der Waals surface area contributed by atoms with Crippen molar-refractivity contribution in [1.82, 2.24) is 0 Å². The lowest BCUT2D eigenvalue weighted by atomic mass is 10.2. The van der Waals surface area contributed by atoms with E-state index in [4.69, 9.17) is 4.74 Å². The van der Waals surface area contributed by atoms with Crippen molar-refractivity contribution in [1.29, 1.82) is 0 Å². The zero-order chi connectivity index (χ0) is 10.8. The van der Waals surface area contributed by atoms with Crippen LogP contribution in [0.2, 0.25) is 0 Å². The highest BCUT2D eigenvalue weighted by Crippen LogP contribution is 2.34. The third-order valence-electron chi connectivity index (χ3n) is 2.42. The predicted molar refractivity (Wildman–Crippen MR) is 68.3 cm³/mol. The minimum atomic E-state index is 0.881. The van der Waals surface area contributed by atoms with Crippen LogP contribution in [0.3, 0.4) is 0 Å². The van der Waals surface area contributed by atoms with E-state index in [0.717, 1.165) is 11.5 Å². The fourth-order valence-corrected chi connectivity index (χ4v) is 2.51. The van der Waals surface area contributed by atoms with Gasteiger partial charge in [-0.3, -0.25) is 0 Å². The summed E-state index contributed by atoms with van der Waals surface area (Å²) < 4.78 is 7.10. The molecule has 1 nitrogen and oxygen atoms in total. The lowest BCUT2D eigenvalue weighted by Crippen LogP contribution is -1.80. The van der Waals surface area contributed by atoms with Gasteiger partial charge in [-0.25, -0.2) is 0 Å². The van der Waals surface area contributed by atoms with Crippen molar-refractivity contribution in [3.8, 4) is 11.5 Å². The van der Waals surface area contributed by atoms with E-state index in [-0.39, 0.29) is 0 Å². The maximum atomic E-state index is 5.84. The average Bonchev–Trinajstić information content (AvgIpc) is 2.74. The normalized spacial score (nSPS) is 10.5. The van der Waals surface area contributed by atoms with Crippen LogP contribution in [0.25, 0.3) is 10.1 Å². The molecule has 0 atom stereocenters. The molecule has 3 aromatic rings. The Balaban J connectivity index is 2.01. The van der Waals surface area contributed by atoms with Crippen molar-refractivity contribution in [2.45, 2.75) is 0 Å².